The summed E-state index contributed by atoms with van der Waals surface area (Å²) < 4.78 is 0. The third kappa shape index (κ3) is 4.27. The summed E-state index contributed by atoms with van der Waals surface area (Å²) >= 11 is 0. The zero-order valence-corrected chi connectivity index (χ0v) is 11.4. The van der Waals surface area contributed by atoms with Crippen molar-refractivity contribution in [2.75, 3.05) is 6.54 Å². The number of carbonyl (C=O) groups excluding carboxylic acids is 1. The summed E-state index contributed by atoms with van der Waals surface area (Å²) in [5, 5.41) is 19.4. The molecule has 1 fully saturated rings. The fourth-order valence-corrected chi connectivity index (χ4v) is 2.17. The Balaban J connectivity index is 2.02. The molecule has 1 aliphatic rings. The number of amides is 1. The minimum atomic E-state index is -0.941. The molecular weight excluding hydrogens is 276 g/mol. The summed E-state index contributed by atoms with van der Waals surface area (Å²) in [5.41, 5.74) is 0.513. The molecule has 1 aliphatic carbocycles. The van der Waals surface area contributed by atoms with Gasteiger partial charge in [-0.15, -0.1) is 0 Å². The molecule has 7 heteroatoms. The van der Waals surface area contributed by atoms with Gasteiger partial charge in [0.25, 0.3) is 5.69 Å². The molecular formula is C14H16N2O5. The Hall–Kier alpha value is -2.44. The zero-order valence-electron chi connectivity index (χ0n) is 11.4. The van der Waals surface area contributed by atoms with Gasteiger partial charge in [-0.25, -0.2) is 0 Å². The summed E-state index contributed by atoms with van der Waals surface area (Å²) in [5.74, 6) is -1.12. The molecule has 0 saturated heterocycles. The number of nitro groups is 1. The SMILES string of the molecule is O=C(O)CCN(C(=O)Cc1cccc([N+](=O)[O-])c1)C1CC1. The number of nitro benzene ring substituents is 1. The van der Waals surface area contributed by atoms with Gasteiger partial charge in [-0.05, 0) is 18.4 Å². The van der Waals surface area contributed by atoms with Crippen LogP contribution in [0, 0.1) is 10.1 Å². The van der Waals surface area contributed by atoms with Crippen molar-refractivity contribution in [3.05, 3.63) is 39.9 Å². The predicted octanol–water partition coefficient (Wildman–Crippen LogP) is 1.60. The van der Waals surface area contributed by atoms with Crippen LogP contribution in [0.3, 0.4) is 0 Å². The molecule has 112 valence electrons. The number of rotatable bonds is 7. The van der Waals surface area contributed by atoms with Crippen LogP contribution >= 0.6 is 0 Å². The summed E-state index contributed by atoms with van der Waals surface area (Å²) in [6, 6.07) is 6.07. The van der Waals surface area contributed by atoms with Crippen LogP contribution in [0.4, 0.5) is 5.69 Å². The number of carboxylic acids is 1. The van der Waals surface area contributed by atoms with Gasteiger partial charge < -0.3 is 10.0 Å². The van der Waals surface area contributed by atoms with E-state index < -0.39 is 10.9 Å². The van der Waals surface area contributed by atoms with Crippen molar-refractivity contribution in [3.8, 4) is 0 Å². The third-order valence-corrected chi connectivity index (χ3v) is 3.35. The van der Waals surface area contributed by atoms with Gasteiger partial charge >= 0.3 is 5.97 Å². The van der Waals surface area contributed by atoms with E-state index in [1.165, 1.54) is 12.1 Å². The molecule has 1 aromatic carbocycles. The Morgan fingerprint density at radius 3 is 2.67 bits per heavy atom. The smallest absolute Gasteiger partial charge is 0.305 e. The molecule has 0 atom stereocenters. The van der Waals surface area contributed by atoms with E-state index in [1.54, 1.807) is 17.0 Å². The van der Waals surface area contributed by atoms with E-state index >= 15 is 0 Å². The van der Waals surface area contributed by atoms with Crippen LogP contribution in [0.2, 0.25) is 0 Å². The molecule has 7 nitrogen and oxygen atoms in total. The van der Waals surface area contributed by atoms with Gasteiger partial charge in [-0.1, -0.05) is 12.1 Å². The predicted molar refractivity (Wildman–Crippen MR) is 73.8 cm³/mol. The van der Waals surface area contributed by atoms with Crippen molar-refractivity contribution in [2.24, 2.45) is 0 Å². The fourth-order valence-electron chi connectivity index (χ4n) is 2.17. The third-order valence-electron chi connectivity index (χ3n) is 3.35. The Kier molecular flexibility index (Phi) is 4.52. The first kappa shape index (κ1) is 15.0. The maximum atomic E-state index is 12.3. The number of carbonyl (C=O) groups is 2. The van der Waals surface area contributed by atoms with Gasteiger partial charge in [0, 0.05) is 24.7 Å². The van der Waals surface area contributed by atoms with E-state index in [0.29, 0.717) is 5.56 Å². The molecule has 1 N–H and O–H groups in total. The molecule has 21 heavy (non-hydrogen) atoms. The van der Waals surface area contributed by atoms with Crippen molar-refractivity contribution in [1.29, 1.82) is 0 Å². The maximum Gasteiger partial charge on any atom is 0.305 e. The van der Waals surface area contributed by atoms with Gasteiger partial charge in [-0.3, -0.25) is 19.7 Å². The summed E-state index contributed by atoms with van der Waals surface area (Å²) in [4.78, 5) is 34.7. The Bertz CT molecular complexity index is 568. The van der Waals surface area contributed by atoms with Crippen LogP contribution < -0.4 is 0 Å². The van der Waals surface area contributed by atoms with Crippen LogP contribution in [0.25, 0.3) is 0 Å². The van der Waals surface area contributed by atoms with Crippen molar-refractivity contribution >= 4 is 17.6 Å². The molecule has 0 radical (unpaired) electrons. The van der Waals surface area contributed by atoms with E-state index in [2.05, 4.69) is 0 Å². The number of nitrogens with zero attached hydrogens (tertiary/aromatic N) is 2. The van der Waals surface area contributed by atoms with Gasteiger partial charge in [0.05, 0.1) is 17.8 Å². The number of hydrogen-bond acceptors (Lipinski definition) is 4. The van der Waals surface area contributed by atoms with Gasteiger partial charge in [0.2, 0.25) is 5.91 Å². The normalized spacial score (nSPS) is 13.7. The fraction of sp³-hybridized carbons (Fsp3) is 0.429. The monoisotopic (exact) mass is 292 g/mol. The minimum Gasteiger partial charge on any atom is -0.481 e. The standard InChI is InChI=1S/C14H16N2O5/c17-13(15(11-4-5-11)7-6-14(18)19)9-10-2-1-3-12(8-10)16(20)21/h1-3,8,11H,4-7,9H2,(H,18,19). The highest BCUT2D eigenvalue weighted by Gasteiger charge is 2.32. The van der Waals surface area contributed by atoms with Gasteiger partial charge in [-0.2, -0.15) is 0 Å². The van der Waals surface area contributed by atoms with Crippen molar-refractivity contribution in [1.82, 2.24) is 4.90 Å². The van der Waals surface area contributed by atoms with E-state index in [9.17, 15) is 19.7 Å². The molecule has 0 aromatic heterocycles. The Morgan fingerprint density at radius 2 is 2.10 bits per heavy atom. The number of aliphatic carboxylic acids is 1. The van der Waals surface area contributed by atoms with E-state index in [1.807, 2.05) is 0 Å². The topological polar surface area (TPSA) is 101 Å². The lowest BCUT2D eigenvalue weighted by molar-refractivity contribution is -0.384. The Labute approximate surface area is 121 Å². The first-order chi connectivity index (χ1) is 9.97. The number of hydrogen-bond donors (Lipinski definition) is 1. The molecule has 1 saturated carbocycles. The molecule has 1 amide bonds. The lowest BCUT2D eigenvalue weighted by Crippen LogP contribution is -2.36. The zero-order chi connectivity index (χ0) is 15.4. The van der Waals surface area contributed by atoms with Crippen LogP contribution in [-0.2, 0) is 16.0 Å². The number of non-ortho nitro benzene ring substituents is 1. The molecule has 0 aliphatic heterocycles. The summed E-state index contributed by atoms with van der Waals surface area (Å²) in [6.07, 6.45) is 1.75. The van der Waals surface area contributed by atoms with E-state index in [0.717, 1.165) is 12.8 Å². The van der Waals surface area contributed by atoms with Crippen LogP contribution in [0.5, 0.6) is 0 Å². The molecule has 0 unspecified atom stereocenters. The molecule has 0 spiro atoms. The minimum absolute atomic E-state index is 0.0520. The highest BCUT2D eigenvalue weighted by molar-refractivity contribution is 5.80. The van der Waals surface area contributed by atoms with E-state index in [4.69, 9.17) is 5.11 Å². The average molecular weight is 292 g/mol. The molecule has 0 bridgehead atoms. The Morgan fingerprint density at radius 1 is 1.38 bits per heavy atom. The second kappa shape index (κ2) is 6.34. The van der Waals surface area contributed by atoms with Crippen molar-refractivity contribution in [3.63, 3.8) is 0 Å². The molecule has 1 aromatic rings. The van der Waals surface area contributed by atoms with Gasteiger partial charge in [0.1, 0.15) is 0 Å². The van der Waals surface area contributed by atoms with Crippen LogP contribution in [0.15, 0.2) is 24.3 Å². The average Bonchev–Trinajstić information content (AvgIpc) is 3.23. The number of carboxylic acid groups (broad SMARTS) is 1. The molecule has 0 heterocycles. The van der Waals surface area contributed by atoms with Gasteiger partial charge in [0.15, 0.2) is 0 Å². The second-order valence-corrected chi connectivity index (χ2v) is 5.07. The van der Waals surface area contributed by atoms with Crippen LogP contribution in [-0.4, -0.2) is 39.4 Å². The number of benzene rings is 1. The molecule has 2 rings (SSSR count). The van der Waals surface area contributed by atoms with Crippen molar-refractivity contribution in [2.45, 2.75) is 31.7 Å². The summed E-state index contributed by atoms with van der Waals surface area (Å²) in [7, 11) is 0. The summed E-state index contributed by atoms with van der Waals surface area (Å²) in [6.45, 7) is 0.188. The maximum absolute atomic E-state index is 12.3. The lowest BCUT2D eigenvalue weighted by atomic mass is 10.1. The quantitative estimate of drug-likeness (QED) is 0.607. The highest BCUT2D eigenvalue weighted by Crippen LogP contribution is 2.27. The van der Waals surface area contributed by atoms with Crippen LogP contribution in [0.1, 0.15) is 24.8 Å². The second-order valence-electron chi connectivity index (χ2n) is 5.07. The largest absolute Gasteiger partial charge is 0.481 e. The first-order valence-electron chi connectivity index (χ1n) is 6.72. The van der Waals surface area contributed by atoms with E-state index in [-0.39, 0.29) is 37.0 Å². The van der Waals surface area contributed by atoms with Crippen molar-refractivity contribution < 1.29 is 19.6 Å². The lowest BCUT2D eigenvalue weighted by Gasteiger charge is -2.21. The highest BCUT2D eigenvalue weighted by atomic mass is 16.6. The first-order valence-corrected chi connectivity index (χ1v) is 6.72.